The van der Waals surface area contributed by atoms with Crippen LogP contribution in [-0.2, 0) is 13.9 Å². The molecule has 0 spiro atoms. The van der Waals surface area contributed by atoms with Gasteiger partial charge in [0, 0.05) is 6.42 Å². The average molecular weight is 870 g/mol. The van der Waals surface area contributed by atoms with E-state index in [1.807, 2.05) is 6.08 Å². The first-order chi connectivity index (χ1) is 29.3. The van der Waals surface area contributed by atoms with Crippen molar-refractivity contribution in [1.29, 1.82) is 0 Å². The number of unbranched alkanes of at least 4 members (excludes halogenated alkanes) is 41. The molecule has 2 atom stereocenters. The quantitative estimate of drug-likeness (QED) is 0.0275. The Morgan fingerprint density at radius 2 is 0.733 bits per heavy atom. The van der Waals surface area contributed by atoms with E-state index in [2.05, 4.69) is 23.7 Å². The van der Waals surface area contributed by atoms with Crippen molar-refractivity contribution in [3.63, 3.8) is 0 Å². The third kappa shape index (κ3) is 48.3. The highest BCUT2D eigenvalue weighted by Gasteiger charge is 2.24. The van der Waals surface area contributed by atoms with Crippen LogP contribution >= 0.6 is 7.82 Å². The molecule has 0 bridgehead atoms. The number of hydrogen-bond donors (Lipinski definition) is 4. The Morgan fingerprint density at radius 1 is 0.467 bits per heavy atom. The smallest absolute Gasteiger partial charge is 0.387 e. The molecule has 0 fully saturated rings. The lowest BCUT2D eigenvalue weighted by Crippen LogP contribution is -2.45. The van der Waals surface area contributed by atoms with Gasteiger partial charge in [0.05, 0.1) is 18.8 Å². The summed E-state index contributed by atoms with van der Waals surface area (Å²) in [5.41, 5.74) is 0. The van der Waals surface area contributed by atoms with E-state index < -0.39 is 26.6 Å². The zero-order valence-electron chi connectivity index (χ0n) is 40.1. The zero-order valence-corrected chi connectivity index (χ0v) is 41.0. The zero-order chi connectivity index (χ0) is 43.9. The van der Waals surface area contributed by atoms with E-state index in [1.54, 1.807) is 6.08 Å². The third-order valence-corrected chi connectivity index (χ3v) is 13.0. The predicted octanol–water partition coefficient (Wildman–Crippen LogP) is 16.7. The molecule has 0 unspecified atom stereocenters. The molecule has 0 aliphatic rings. The number of aliphatic hydroxyl groups is 1. The number of carbonyl (C=O) groups is 1. The molecule has 0 saturated carbocycles. The molecule has 0 aromatic heterocycles. The molecule has 7 nitrogen and oxygen atoms in total. The van der Waals surface area contributed by atoms with Crippen LogP contribution < -0.4 is 5.32 Å². The first-order valence-corrected chi connectivity index (χ1v) is 28.2. The summed E-state index contributed by atoms with van der Waals surface area (Å²) in [5, 5.41) is 13.5. The average Bonchev–Trinajstić information content (AvgIpc) is 3.22. The van der Waals surface area contributed by atoms with Crippen LogP contribution in [0.1, 0.15) is 296 Å². The second kappa shape index (κ2) is 47.8. The largest absolute Gasteiger partial charge is 0.469 e. The monoisotopic (exact) mass is 870 g/mol. The van der Waals surface area contributed by atoms with E-state index in [-0.39, 0.29) is 5.91 Å². The van der Waals surface area contributed by atoms with Crippen LogP contribution in [0.2, 0.25) is 0 Å². The fraction of sp³-hybridized carbons (Fsp3) is 0.942. The number of carbonyl (C=O) groups excluding carboxylic acids is 1. The molecule has 0 aliphatic heterocycles. The summed E-state index contributed by atoms with van der Waals surface area (Å²) < 4.78 is 16.0. The fourth-order valence-electron chi connectivity index (χ4n) is 8.46. The Balaban J connectivity index is 3.75. The number of nitrogens with one attached hydrogen (secondary N) is 1. The topological polar surface area (TPSA) is 116 Å². The highest BCUT2D eigenvalue weighted by molar-refractivity contribution is 7.46. The Kier molecular flexibility index (Phi) is 47.2. The SMILES string of the molecule is CCCCCCCCCCCCCCCCC/C=C/[C@@H](O)[C@H](COP(=O)(O)O)NC(=O)CCCCCCCCCCCCCCCCCCCCCCCCCCCCC. The number of phosphoric acid groups is 1. The van der Waals surface area contributed by atoms with Crippen molar-refractivity contribution in [1.82, 2.24) is 5.32 Å². The Bertz CT molecular complexity index is 941. The maximum Gasteiger partial charge on any atom is 0.469 e. The Hall–Kier alpha value is -0.720. The van der Waals surface area contributed by atoms with Crippen LogP contribution in [0.25, 0.3) is 0 Å². The first kappa shape index (κ1) is 59.3. The molecular weight excluding hydrogens is 766 g/mol. The van der Waals surface area contributed by atoms with E-state index >= 15 is 0 Å². The second-order valence-electron chi connectivity index (χ2n) is 18.6. The first-order valence-electron chi connectivity index (χ1n) is 26.6. The highest BCUT2D eigenvalue weighted by Crippen LogP contribution is 2.36. The Labute approximate surface area is 373 Å². The number of amides is 1. The molecule has 8 heteroatoms. The molecule has 1 amide bonds. The number of aliphatic hydroxyl groups excluding tert-OH is 1. The van der Waals surface area contributed by atoms with Gasteiger partial charge in [0.15, 0.2) is 0 Å². The second-order valence-corrected chi connectivity index (χ2v) is 19.8. The molecule has 0 radical (unpaired) electrons. The third-order valence-electron chi connectivity index (χ3n) is 12.5. The number of phosphoric ester groups is 1. The minimum Gasteiger partial charge on any atom is -0.387 e. The van der Waals surface area contributed by atoms with Crippen LogP contribution in [0.3, 0.4) is 0 Å². The molecule has 0 aliphatic carbocycles. The van der Waals surface area contributed by atoms with Crippen LogP contribution in [-0.4, -0.2) is 39.6 Å². The summed E-state index contributed by atoms with van der Waals surface area (Å²) in [6.45, 7) is 4.12. The van der Waals surface area contributed by atoms with Crippen molar-refractivity contribution in [2.24, 2.45) is 0 Å². The minimum absolute atomic E-state index is 0.219. The van der Waals surface area contributed by atoms with Crippen LogP contribution in [0.15, 0.2) is 12.2 Å². The molecule has 0 aromatic rings. The summed E-state index contributed by atoms with van der Waals surface area (Å²) in [6, 6.07) is -0.906. The maximum atomic E-state index is 12.7. The van der Waals surface area contributed by atoms with Gasteiger partial charge in [-0.2, -0.15) is 0 Å². The van der Waals surface area contributed by atoms with Gasteiger partial charge in [-0.3, -0.25) is 9.32 Å². The van der Waals surface area contributed by atoms with Crippen molar-refractivity contribution >= 4 is 13.7 Å². The molecule has 4 N–H and O–H groups in total. The maximum absolute atomic E-state index is 12.7. The predicted molar refractivity (Wildman–Crippen MR) is 260 cm³/mol. The summed E-state index contributed by atoms with van der Waals surface area (Å²) >= 11 is 0. The Morgan fingerprint density at radius 3 is 1.02 bits per heavy atom. The normalized spacial score (nSPS) is 13.1. The van der Waals surface area contributed by atoms with E-state index in [1.165, 1.54) is 238 Å². The molecule has 0 saturated heterocycles. The van der Waals surface area contributed by atoms with E-state index in [9.17, 15) is 24.3 Å². The molecule has 60 heavy (non-hydrogen) atoms. The van der Waals surface area contributed by atoms with Crippen molar-refractivity contribution in [3.05, 3.63) is 12.2 Å². The lowest BCUT2D eigenvalue weighted by atomic mass is 10.0. The summed E-state index contributed by atoms with van der Waals surface area (Å²) in [7, 11) is -4.72. The van der Waals surface area contributed by atoms with Gasteiger partial charge in [-0.1, -0.05) is 283 Å². The number of rotatable bonds is 50. The van der Waals surface area contributed by atoms with Gasteiger partial charge in [0.2, 0.25) is 5.91 Å². The lowest BCUT2D eigenvalue weighted by Gasteiger charge is -2.22. The van der Waals surface area contributed by atoms with E-state index in [0.717, 1.165) is 38.5 Å². The molecule has 0 aromatic carbocycles. The molecule has 0 rings (SSSR count). The number of hydrogen-bond acceptors (Lipinski definition) is 4. The molecule has 358 valence electrons. The van der Waals surface area contributed by atoms with Crippen molar-refractivity contribution in [2.45, 2.75) is 309 Å². The van der Waals surface area contributed by atoms with E-state index in [4.69, 9.17) is 0 Å². The van der Waals surface area contributed by atoms with Crippen molar-refractivity contribution in [2.75, 3.05) is 6.61 Å². The minimum atomic E-state index is -4.72. The van der Waals surface area contributed by atoms with Gasteiger partial charge < -0.3 is 20.2 Å². The highest BCUT2D eigenvalue weighted by atomic mass is 31.2. The molecule has 0 heterocycles. The van der Waals surface area contributed by atoms with Crippen LogP contribution in [0.5, 0.6) is 0 Å². The molecular formula is C52H104NO6P. The summed E-state index contributed by atoms with van der Waals surface area (Å²) in [4.78, 5) is 31.1. The van der Waals surface area contributed by atoms with Gasteiger partial charge in [0.1, 0.15) is 0 Å². The van der Waals surface area contributed by atoms with Gasteiger partial charge >= 0.3 is 7.82 Å². The lowest BCUT2D eigenvalue weighted by molar-refractivity contribution is -0.123. The van der Waals surface area contributed by atoms with Gasteiger partial charge in [-0.15, -0.1) is 0 Å². The van der Waals surface area contributed by atoms with Gasteiger partial charge in [-0.25, -0.2) is 4.57 Å². The van der Waals surface area contributed by atoms with Crippen LogP contribution in [0, 0.1) is 0 Å². The summed E-state index contributed by atoms with van der Waals surface area (Å²) in [6.07, 6.45) is 59.8. The fourth-order valence-corrected chi connectivity index (χ4v) is 8.82. The van der Waals surface area contributed by atoms with Crippen molar-refractivity contribution in [3.8, 4) is 0 Å². The summed E-state index contributed by atoms with van der Waals surface area (Å²) in [5.74, 6) is -0.219. The van der Waals surface area contributed by atoms with Gasteiger partial charge in [-0.05, 0) is 19.3 Å². The van der Waals surface area contributed by atoms with Gasteiger partial charge in [0.25, 0.3) is 0 Å². The van der Waals surface area contributed by atoms with Crippen molar-refractivity contribution < 1.29 is 28.8 Å². The standard InChI is InChI=1S/C52H104NO6P/c1-3-5-7-9-11-13-15-17-19-21-22-23-24-25-26-27-28-29-30-32-34-36-38-40-42-44-46-48-52(55)53-50(49-59-60(56,57)58)51(54)47-45-43-41-39-37-35-33-31-20-18-16-14-12-10-8-6-4-2/h45,47,50-51,54H,3-44,46,48-49H2,1-2H3,(H,53,55)(H2,56,57,58)/b47-45+/t50-,51+/m0/s1. The van der Waals surface area contributed by atoms with Crippen LogP contribution in [0.4, 0.5) is 0 Å². The number of allylic oxidation sites excluding steroid dienone is 1. The van der Waals surface area contributed by atoms with E-state index in [0.29, 0.717) is 6.42 Å².